The average molecular weight is 618 g/mol. The number of rotatable bonds is 7. The molecule has 1 aromatic heterocycles. The molecular formula is C35H41F2N5O3. The van der Waals surface area contributed by atoms with Crippen molar-refractivity contribution in [1.82, 2.24) is 20.2 Å². The van der Waals surface area contributed by atoms with Crippen molar-refractivity contribution >= 4 is 27.5 Å². The highest BCUT2D eigenvalue weighted by atomic mass is 19.1. The van der Waals surface area contributed by atoms with Crippen LogP contribution in [0.5, 0.6) is 11.8 Å². The van der Waals surface area contributed by atoms with Gasteiger partial charge in [0.15, 0.2) is 5.82 Å². The molecule has 0 radical (unpaired) electrons. The summed E-state index contributed by atoms with van der Waals surface area (Å²) in [5, 5.41) is 15.9. The van der Waals surface area contributed by atoms with Crippen LogP contribution in [0, 0.1) is 17.6 Å². The number of benzene rings is 3. The molecule has 4 heterocycles. The van der Waals surface area contributed by atoms with Crippen LogP contribution in [-0.2, 0) is 11.2 Å². The van der Waals surface area contributed by atoms with Crippen molar-refractivity contribution in [2.45, 2.75) is 58.2 Å². The molecular weight excluding hydrogens is 576 g/mol. The molecule has 2 N–H and O–H groups in total. The molecule has 238 valence electrons. The van der Waals surface area contributed by atoms with Crippen molar-refractivity contribution in [2.24, 2.45) is 5.92 Å². The zero-order valence-corrected chi connectivity index (χ0v) is 26.2. The lowest BCUT2D eigenvalue weighted by Gasteiger charge is -2.35. The van der Waals surface area contributed by atoms with Gasteiger partial charge < -0.3 is 24.8 Å². The van der Waals surface area contributed by atoms with Crippen molar-refractivity contribution in [3.63, 3.8) is 0 Å². The van der Waals surface area contributed by atoms with E-state index in [2.05, 4.69) is 33.9 Å². The molecule has 3 fully saturated rings. The molecule has 4 aromatic rings. The van der Waals surface area contributed by atoms with Gasteiger partial charge >= 0.3 is 6.01 Å². The van der Waals surface area contributed by atoms with E-state index in [1.54, 1.807) is 6.07 Å². The zero-order chi connectivity index (χ0) is 31.2. The number of halogens is 2. The highest BCUT2D eigenvalue weighted by Crippen LogP contribution is 2.41. The SMILES string of the molecule is CCc1cccc2cc(O)cc(-c3c(F)cc4c(N5CCC6CNC(C6)C5)nc(OCC5CN(C(C)C)CCO5)nc4c3F)c12. The lowest BCUT2D eigenvalue weighted by Crippen LogP contribution is -2.47. The first-order chi connectivity index (χ1) is 21.8. The Hall–Kier alpha value is -3.60. The van der Waals surface area contributed by atoms with Crippen LogP contribution in [0.15, 0.2) is 36.4 Å². The minimum atomic E-state index is -0.800. The van der Waals surface area contributed by atoms with Gasteiger partial charge in [-0.15, -0.1) is 0 Å². The standard InChI is InChI=1S/C35H41F2N5O3/c1-4-22-6-5-7-23-13-25(43)14-27(30(22)23)31-29(36)15-28-33(32(31)37)39-35(45-19-26-18-41(20(2)3)10-11-44-26)40-34(28)42-9-8-21-12-24(17-42)38-16-21/h5-7,13-15,20-21,24,26,38,43H,4,8-12,16-19H2,1-3H3. The highest BCUT2D eigenvalue weighted by molar-refractivity contribution is 6.03. The highest BCUT2D eigenvalue weighted by Gasteiger charge is 2.32. The van der Waals surface area contributed by atoms with E-state index < -0.39 is 11.6 Å². The van der Waals surface area contributed by atoms with Crippen LogP contribution >= 0.6 is 0 Å². The van der Waals surface area contributed by atoms with E-state index in [0.29, 0.717) is 65.6 Å². The second-order valence-corrected chi connectivity index (χ2v) is 13.0. The Balaban J connectivity index is 1.35. The second kappa shape index (κ2) is 12.3. The van der Waals surface area contributed by atoms with Gasteiger partial charge in [-0.25, -0.2) is 8.78 Å². The van der Waals surface area contributed by atoms with Gasteiger partial charge in [0.05, 0.1) is 12.2 Å². The summed E-state index contributed by atoms with van der Waals surface area (Å²) in [6.45, 7) is 11.1. The maximum atomic E-state index is 16.9. The number of phenolic OH excluding ortho intramolecular Hbond substituents is 1. The minimum Gasteiger partial charge on any atom is -0.508 e. The van der Waals surface area contributed by atoms with Crippen LogP contribution in [0.4, 0.5) is 14.6 Å². The summed E-state index contributed by atoms with van der Waals surface area (Å²) >= 11 is 0. The summed E-state index contributed by atoms with van der Waals surface area (Å²) in [4.78, 5) is 13.8. The lowest BCUT2D eigenvalue weighted by atomic mass is 9.92. The molecule has 10 heteroatoms. The molecule has 0 saturated carbocycles. The third-order valence-corrected chi connectivity index (χ3v) is 9.70. The summed E-state index contributed by atoms with van der Waals surface area (Å²) in [6.07, 6.45) is 2.52. The predicted octanol–water partition coefficient (Wildman–Crippen LogP) is 5.67. The minimum absolute atomic E-state index is 0.00684. The number of hydrogen-bond donors (Lipinski definition) is 2. The molecule has 45 heavy (non-hydrogen) atoms. The van der Waals surface area contributed by atoms with Crippen LogP contribution in [0.25, 0.3) is 32.8 Å². The van der Waals surface area contributed by atoms with Gasteiger partial charge in [-0.2, -0.15) is 9.97 Å². The maximum absolute atomic E-state index is 16.9. The van der Waals surface area contributed by atoms with E-state index in [4.69, 9.17) is 14.5 Å². The Morgan fingerprint density at radius 3 is 2.82 bits per heavy atom. The third-order valence-electron chi connectivity index (χ3n) is 9.70. The molecule has 2 bridgehead atoms. The first-order valence-corrected chi connectivity index (χ1v) is 16.2. The number of anilines is 1. The van der Waals surface area contributed by atoms with Gasteiger partial charge in [0.2, 0.25) is 0 Å². The van der Waals surface area contributed by atoms with E-state index in [1.807, 2.05) is 25.1 Å². The molecule has 3 saturated heterocycles. The Kier molecular flexibility index (Phi) is 8.22. The number of morpholine rings is 1. The average Bonchev–Trinajstić information content (AvgIpc) is 3.37. The molecule has 8 nitrogen and oxygen atoms in total. The van der Waals surface area contributed by atoms with E-state index in [0.717, 1.165) is 38.0 Å². The Morgan fingerprint density at radius 1 is 1.13 bits per heavy atom. The fraction of sp³-hybridized carbons (Fsp3) is 0.486. The molecule has 3 unspecified atom stereocenters. The van der Waals surface area contributed by atoms with Crippen molar-refractivity contribution in [3.05, 3.63) is 53.6 Å². The van der Waals surface area contributed by atoms with Crippen molar-refractivity contribution in [1.29, 1.82) is 0 Å². The van der Waals surface area contributed by atoms with Crippen molar-refractivity contribution in [3.8, 4) is 22.9 Å². The molecule has 0 amide bonds. The maximum Gasteiger partial charge on any atom is 0.319 e. The Labute approximate surface area is 262 Å². The number of ether oxygens (including phenoxy) is 2. The summed E-state index contributed by atoms with van der Waals surface area (Å²) in [5.41, 5.74) is 0.999. The Morgan fingerprint density at radius 2 is 2.00 bits per heavy atom. The molecule has 0 aliphatic carbocycles. The normalized spacial score (nSPS) is 22.4. The number of aromatic hydroxyl groups is 1. The Bertz CT molecular complexity index is 1730. The van der Waals surface area contributed by atoms with E-state index in [1.165, 1.54) is 12.1 Å². The van der Waals surface area contributed by atoms with E-state index in [9.17, 15) is 5.11 Å². The predicted molar refractivity (Wildman–Crippen MR) is 172 cm³/mol. The number of aryl methyl sites for hydroxylation is 1. The smallest absolute Gasteiger partial charge is 0.319 e. The quantitative estimate of drug-likeness (QED) is 0.275. The molecule has 3 aliphatic heterocycles. The fourth-order valence-corrected chi connectivity index (χ4v) is 7.32. The number of phenols is 1. The van der Waals surface area contributed by atoms with Gasteiger partial charge in [-0.1, -0.05) is 25.1 Å². The lowest BCUT2D eigenvalue weighted by molar-refractivity contribution is -0.0575. The van der Waals surface area contributed by atoms with Crippen LogP contribution in [-0.4, -0.2) is 84.1 Å². The fourth-order valence-electron chi connectivity index (χ4n) is 7.32. The van der Waals surface area contributed by atoms with Crippen LogP contribution in [0.2, 0.25) is 0 Å². The first-order valence-electron chi connectivity index (χ1n) is 16.2. The number of fused-ring (bicyclic) bond motifs is 4. The van der Waals surface area contributed by atoms with Gasteiger partial charge in [-0.3, -0.25) is 4.90 Å². The van der Waals surface area contributed by atoms with Crippen LogP contribution in [0.1, 0.15) is 39.2 Å². The monoisotopic (exact) mass is 617 g/mol. The van der Waals surface area contributed by atoms with Crippen molar-refractivity contribution < 1.29 is 23.4 Å². The topological polar surface area (TPSA) is 83.0 Å². The number of nitrogens with one attached hydrogen (secondary N) is 1. The van der Waals surface area contributed by atoms with E-state index in [-0.39, 0.29) is 41.6 Å². The summed E-state index contributed by atoms with van der Waals surface area (Å²) in [7, 11) is 0. The third kappa shape index (κ3) is 5.79. The van der Waals surface area contributed by atoms with Gasteiger partial charge in [0.1, 0.15) is 35.6 Å². The molecule has 0 spiro atoms. The number of nitrogens with zero attached hydrogens (tertiary/aromatic N) is 4. The summed E-state index contributed by atoms with van der Waals surface area (Å²) in [6, 6.07) is 10.8. The molecule has 3 atom stereocenters. The molecule has 3 aliphatic rings. The summed E-state index contributed by atoms with van der Waals surface area (Å²) in [5.74, 6) is -0.548. The van der Waals surface area contributed by atoms with Gasteiger partial charge in [0, 0.05) is 43.6 Å². The van der Waals surface area contributed by atoms with Gasteiger partial charge in [-0.05, 0) is 85.7 Å². The van der Waals surface area contributed by atoms with Crippen LogP contribution in [0.3, 0.4) is 0 Å². The number of aromatic nitrogens is 2. The summed E-state index contributed by atoms with van der Waals surface area (Å²) < 4.78 is 45.3. The van der Waals surface area contributed by atoms with Crippen molar-refractivity contribution in [2.75, 3.05) is 50.8 Å². The zero-order valence-electron chi connectivity index (χ0n) is 26.2. The molecule has 3 aromatic carbocycles. The number of hydrogen-bond acceptors (Lipinski definition) is 8. The van der Waals surface area contributed by atoms with Crippen LogP contribution < -0.4 is 15.0 Å². The molecule has 7 rings (SSSR count). The first kappa shape index (κ1) is 30.1. The van der Waals surface area contributed by atoms with E-state index >= 15 is 8.78 Å². The second-order valence-electron chi connectivity index (χ2n) is 13.0. The largest absolute Gasteiger partial charge is 0.508 e. The van der Waals surface area contributed by atoms with Gasteiger partial charge in [0.25, 0.3) is 0 Å².